The van der Waals surface area contributed by atoms with Crippen molar-refractivity contribution in [2.75, 3.05) is 6.79 Å². The Hall–Kier alpha value is -0.830. The molecule has 0 saturated carbocycles. The van der Waals surface area contributed by atoms with Gasteiger partial charge in [0.1, 0.15) is 0 Å². The lowest BCUT2D eigenvalue weighted by Crippen LogP contribution is -2.16. The molecule has 0 spiro atoms. The first kappa shape index (κ1) is 13.2. The van der Waals surface area contributed by atoms with Crippen LogP contribution < -0.4 is 0 Å². The summed E-state index contributed by atoms with van der Waals surface area (Å²) in [4.78, 5) is 10.9. The van der Waals surface area contributed by atoms with Crippen molar-refractivity contribution >= 4 is 5.97 Å². The fraction of sp³-hybridized carbons (Fsp3) is 0.727. The van der Waals surface area contributed by atoms with Crippen molar-refractivity contribution in [3.8, 4) is 0 Å². The molecule has 1 atom stereocenters. The van der Waals surface area contributed by atoms with Crippen molar-refractivity contribution in [2.24, 2.45) is 5.92 Å². The fourth-order valence-electron chi connectivity index (χ4n) is 1.06. The molecule has 0 saturated heterocycles. The molecule has 0 aromatic carbocycles. The maximum atomic E-state index is 10.9. The number of ether oxygens (including phenoxy) is 2. The van der Waals surface area contributed by atoms with Crippen LogP contribution in [0.1, 0.15) is 34.1 Å². The molecule has 14 heavy (non-hydrogen) atoms. The summed E-state index contributed by atoms with van der Waals surface area (Å²) in [7, 11) is 0. The first-order valence-corrected chi connectivity index (χ1v) is 4.87. The summed E-state index contributed by atoms with van der Waals surface area (Å²) in [6.45, 7) is 11.3. The largest absolute Gasteiger partial charge is 0.435 e. The van der Waals surface area contributed by atoms with Gasteiger partial charge in [0.05, 0.1) is 6.10 Å². The number of hydrogen-bond acceptors (Lipinski definition) is 3. The zero-order valence-corrected chi connectivity index (χ0v) is 9.50. The Morgan fingerprint density at radius 2 is 1.93 bits per heavy atom. The number of hydrogen-bond donors (Lipinski definition) is 0. The molecule has 0 fully saturated rings. The third-order valence-electron chi connectivity index (χ3n) is 1.69. The van der Waals surface area contributed by atoms with Gasteiger partial charge < -0.3 is 9.47 Å². The van der Waals surface area contributed by atoms with Crippen LogP contribution in [0, 0.1) is 5.92 Å². The van der Waals surface area contributed by atoms with E-state index in [1.165, 1.54) is 0 Å². The normalized spacial score (nSPS) is 12.6. The quantitative estimate of drug-likeness (QED) is 0.375. The van der Waals surface area contributed by atoms with Crippen LogP contribution >= 0.6 is 0 Å². The van der Waals surface area contributed by atoms with Gasteiger partial charge in [0, 0.05) is 5.57 Å². The Balaban J connectivity index is 3.54. The van der Waals surface area contributed by atoms with Crippen molar-refractivity contribution in [1.82, 2.24) is 0 Å². The predicted octanol–water partition coefficient (Wildman–Crippen LogP) is 2.51. The summed E-state index contributed by atoms with van der Waals surface area (Å²) in [5, 5.41) is 0. The maximum Gasteiger partial charge on any atom is 0.335 e. The number of rotatable bonds is 6. The van der Waals surface area contributed by atoms with E-state index in [1.807, 2.05) is 6.92 Å². The highest BCUT2D eigenvalue weighted by molar-refractivity contribution is 5.86. The van der Waals surface area contributed by atoms with E-state index < -0.39 is 5.97 Å². The van der Waals surface area contributed by atoms with Crippen LogP contribution in [-0.4, -0.2) is 18.9 Å². The van der Waals surface area contributed by atoms with Gasteiger partial charge in [0.25, 0.3) is 0 Å². The van der Waals surface area contributed by atoms with Crippen LogP contribution in [0.2, 0.25) is 0 Å². The second kappa shape index (κ2) is 6.60. The minimum atomic E-state index is -0.401. The highest BCUT2D eigenvalue weighted by atomic mass is 16.7. The van der Waals surface area contributed by atoms with E-state index in [-0.39, 0.29) is 12.9 Å². The van der Waals surface area contributed by atoms with Gasteiger partial charge in [0.15, 0.2) is 6.79 Å². The Morgan fingerprint density at radius 1 is 1.36 bits per heavy atom. The summed E-state index contributed by atoms with van der Waals surface area (Å²) in [6.07, 6.45) is 1.08. The number of carbonyl (C=O) groups is 1. The molecule has 0 aromatic rings. The van der Waals surface area contributed by atoms with Crippen molar-refractivity contribution < 1.29 is 14.3 Å². The zero-order valence-electron chi connectivity index (χ0n) is 9.50. The molecule has 0 amide bonds. The number of esters is 1. The Morgan fingerprint density at radius 3 is 2.36 bits per heavy atom. The van der Waals surface area contributed by atoms with E-state index in [0.717, 1.165) is 6.42 Å². The lowest BCUT2D eigenvalue weighted by Gasteiger charge is -2.14. The molecule has 0 rings (SSSR count). The molecule has 0 radical (unpaired) electrons. The van der Waals surface area contributed by atoms with Crippen LogP contribution in [0.25, 0.3) is 0 Å². The molecule has 0 aliphatic rings. The van der Waals surface area contributed by atoms with E-state index in [4.69, 9.17) is 9.47 Å². The highest BCUT2D eigenvalue weighted by Gasteiger charge is 2.07. The standard InChI is InChI=1S/C11H20O3/c1-8(2)6-10(5)13-7-14-11(12)9(3)4/h8,10H,3,6-7H2,1-2,4-5H3. The Kier molecular flexibility index (Phi) is 6.21. The molecule has 3 nitrogen and oxygen atoms in total. The summed E-state index contributed by atoms with van der Waals surface area (Å²) >= 11 is 0. The molecular weight excluding hydrogens is 180 g/mol. The van der Waals surface area contributed by atoms with Gasteiger partial charge >= 0.3 is 5.97 Å². The van der Waals surface area contributed by atoms with Gasteiger partial charge in [-0.1, -0.05) is 20.4 Å². The molecule has 0 aliphatic heterocycles. The second-order valence-electron chi connectivity index (χ2n) is 3.94. The molecule has 3 heteroatoms. The van der Waals surface area contributed by atoms with E-state index in [1.54, 1.807) is 6.92 Å². The monoisotopic (exact) mass is 200 g/mol. The Bertz CT molecular complexity index is 197. The van der Waals surface area contributed by atoms with E-state index in [2.05, 4.69) is 20.4 Å². The summed E-state index contributed by atoms with van der Waals surface area (Å²) in [5.41, 5.74) is 0.394. The molecular formula is C11H20O3. The van der Waals surface area contributed by atoms with Gasteiger partial charge in [-0.2, -0.15) is 0 Å². The molecule has 82 valence electrons. The topological polar surface area (TPSA) is 35.5 Å². The summed E-state index contributed by atoms with van der Waals surface area (Å²) in [6, 6.07) is 0. The van der Waals surface area contributed by atoms with Gasteiger partial charge in [-0.25, -0.2) is 4.79 Å². The second-order valence-corrected chi connectivity index (χ2v) is 3.94. The highest BCUT2D eigenvalue weighted by Crippen LogP contribution is 2.07. The van der Waals surface area contributed by atoms with Crippen molar-refractivity contribution in [3.63, 3.8) is 0 Å². The molecule has 0 bridgehead atoms. The van der Waals surface area contributed by atoms with Crippen LogP contribution in [0.5, 0.6) is 0 Å². The third-order valence-corrected chi connectivity index (χ3v) is 1.69. The van der Waals surface area contributed by atoms with Gasteiger partial charge in [-0.15, -0.1) is 0 Å². The average Bonchev–Trinajstić information content (AvgIpc) is 2.02. The molecule has 0 heterocycles. The first-order chi connectivity index (χ1) is 6.43. The summed E-state index contributed by atoms with van der Waals surface area (Å²) < 4.78 is 10.1. The third kappa shape index (κ3) is 6.66. The van der Waals surface area contributed by atoms with Crippen LogP contribution in [-0.2, 0) is 14.3 Å². The maximum absolute atomic E-state index is 10.9. The molecule has 0 aromatic heterocycles. The zero-order chi connectivity index (χ0) is 11.1. The van der Waals surface area contributed by atoms with E-state index in [0.29, 0.717) is 11.5 Å². The SMILES string of the molecule is C=C(C)C(=O)OCOC(C)CC(C)C. The van der Waals surface area contributed by atoms with Crippen molar-refractivity contribution in [3.05, 3.63) is 12.2 Å². The first-order valence-electron chi connectivity index (χ1n) is 4.87. The molecule has 0 N–H and O–H groups in total. The number of carbonyl (C=O) groups excluding carboxylic acids is 1. The molecule has 1 unspecified atom stereocenters. The lowest BCUT2D eigenvalue weighted by atomic mass is 10.1. The summed E-state index contributed by atoms with van der Waals surface area (Å²) in [5.74, 6) is 0.184. The average molecular weight is 200 g/mol. The minimum Gasteiger partial charge on any atom is -0.435 e. The van der Waals surface area contributed by atoms with Crippen molar-refractivity contribution in [1.29, 1.82) is 0 Å². The van der Waals surface area contributed by atoms with Crippen LogP contribution in [0.3, 0.4) is 0 Å². The van der Waals surface area contributed by atoms with Gasteiger partial charge in [-0.3, -0.25) is 0 Å². The minimum absolute atomic E-state index is 0.0135. The lowest BCUT2D eigenvalue weighted by molar-refractivity contribution is -0.155. The van der Waals surface area contributed by atoms with Gasteiger partial charge in [-0.05, 0) is 26.2 Å². The van der Waals surface area contributed by atoms with Crippen LogP contribution in [0.4, 0.5) is 0 Å². The predicted molar refractivity (Wildman–Crippen MR) is 55.8 cm³/mol. The smallest absolute Gasteiger partial charge is 0.335 e. The van der Waals surface area contributed by atoms with Gasteiger partial charge in [0.2, 0.25) is 0 Å². The van der Waals surface area contributed by atoms with Crippen LogP contribution in [0.15, 0.2) is 12.2 Å². The van der Waals surface area contributed by atoms with E-state index in [9.17, 15) is 4.79 Å². The molecule has 0 aliphatic carbocycles. The van der Waals surface area contributed by atoms with Crippen molar-refractivity contribution in [2.45, 2.75) is 40.2 Å². The fourth-order valence-corrected chi connectivity index (χ4v) is 1.06. The Labute approximate surface area is 86.1 Å². The van der Waals surface area contributed by atoms with E-state index >= 15 is 0 Å².